The van der Waals surface area contributed by atoms with E-state index in [1.165, 1.54) is 18.6 Å². The molecule has 3 N–H and O–H groups in total. The Kier molecular flexibility index (Phi) is 10.2. The van der Waals surface area contributed by atoms with Gasteiger partial charge in [-0.2, -0.15) is 0 Å². The summed E-state index contributed by atoms with van der Waals surface area (Å²) in [5.41, 5.74) is 0.906. The van der Waals surface area contributed by atoms with Gasteiger partial charge in [0.15, 0.2) is 0 Å². The Balaban J connectivity index is 1.29. The van der Waals surface area contributed by atoms with Gasteiger partial charge in [0.1, 0.15) is 23.7 Å². The summed E-state index contributed by atoms with van der Waals surface area (Å²) in [6.45, 7) is 6.24. The van der Waals surface area contributed by atoms with Gasteiger partial charge in [-0.05, 0) is 74.8 Å². The molecule has 0 unspecified atom stereocenters. The molecular formula is C31H36ClN3O5. The minimum absolute atomic E-state index is 0.0297. The van der Waals surface area contributed by atoms with E-state index < -0.39 is 11.6 Å². The standard InChI is InChI=1S/C31H36ClN3O5/c1-22(36)34-28-13-12-27(40-30(37)24-6-4-3-5-7-24)18-29(28)39-21-31(2,38)20-33-26-14-16-35(17-15-26)19-23-8-10-25(32)11-9-23/h3-13,18,26,33,38H,14-17,19-21H2,1-2H3,(H,34,36)/t31-/m0/s1. The fraction of sp³-hybridized carbons (Fsp3) is 0.355. The second kappa shape index (κ2) is 13.8. The number of rotatable bonds is 11. The third kappa shape index (κ3) is 9.06. The number of hydrogen-bond acceptors (Lipinski definition) is 7. The smallest absolute Gasteiger partial charge is 0.343 e. The second-order valence-corrected chi connectivity index (χ2v) is 10.9. The molecule has 3 aromatic carbocycles. The number of aliphatic hydroxyl groups is 1. The molecule has 4 rings (SSSR count). The normalized spacial score (nSPS) is 15.7. The fourth-order valence-electron chi connectivity index (χ4n) is 4.51. The molecule has 1 fully saturated rings. The lowest BCUT2D eigenvalue weighted by Gasteiger charge is -2.34. The first-order valence-electron chi connectivity index (χ1n) is 13.4. The van der Waals surface area contributed by atoms with Gasteiger partial charge in [0.2, 0.25) is 5.91 Å². The Morgan fingerprint density at radius 3 is 2.42 bits per heavy atom. The number of anilines is 1. The third-order valence-electron chi connectivity index (χ3n) is 6.70. The van der Waals surface area contributed by atoms with Crippen molar-refractivity contribution in [3.05, 3.63) is 88.9 Å². The molecule has 1 aliphatic heterocycles. The Morgan fingerprint density at radius 2 is 1.75 bits per heavy atom. The molecule has 1 heterocycles. The molecule has 212 valence electrons. The molecule has 8 nitrogen and oxygen atoms in total. The summed E-state index contributed by atoms with van der Waals surface area (Å²) in [6.07, 6.45) is 1.96. The summed E-state index contributed by atoms with van der Waals surface area (Å²) in [5.74, 6) is -0.214. The van der Waals surface area contributed by atoms with Crippen molar-refractivity contribution < 1.29 is 24.2 Å². The molecule has 3 aromatic rings. The molecule has 40 heavy (non-hydrogen) atoms. The maximum Gasteiger partial charge on any atom is 0.343 e. The number of hydrogen-bond donors (Lipinski definition) is 3. The second-order valence-electron chi connectivity index (χ2n) is 10.4. The van der Waals surface area contributed by atoms with Gasteiger partial charge in [-0.3, -0.25) is 9.69 Å². The number of benzene rings is 3. The zero-order valence-corrected chi connectivity index (χ0v) is 23.6. The van der Waals surface area contributed by atoms with Crippen LogP contribution in [0.25, 0.3) is 0 Å². The number of carbonyl (C=O) groups excluding carboxylic acids is 2. The van der Waals surface area contributed by atoms with E-state index in [1.54, 1.807) is 43.3 Å². The molecule has 0 saturated carbocycles. The van der Waals surface area contributed by atoms with Crippen LogP contribution in [0.1, 0.15) is 42.6 Å². The lowest BCUT2D eigenvalue weighted by molar-refractivity contribution is -0.114. The highest BCUT2D eigenvalue weighted by Crippen LogP contribution is 2.31. The first kappa shape index (κ1) is 29.6. The Hall–Kier alpha value is -3.43. The van der Waals surface area contributed by atoms with E-state index in [2.05, 4.69) is 27.7 Å². The van der Waals surface area contributed by atoms with E-state index >= 15 is 0 Å². The first-order valence-corrected chi connectivity index (χ1v) is 13.8. The molecule has 0 aromatic heterocycles. The van der Waals surface area contributed by atoms with Crippen LogP contribution in [0.3, 0.4) is 0 Å². The van der Waals surface area contributed by atoms with Crippen LogP contribution < -0.4 is 20.1 Å². The molecule has 0 spiro atoms. The number of piperidine rings is 1. The van der Waals surface area contributed by atoms with Crippen LogP contribution in [-0.4, -0.2) is 59.8 Å². The highest BCUT2D eigenvalue weighted by atomic mass is 35.5. The van der Waals surface area contributed by atoms with Gasteiger partial charge < -0.3 is 25.2 Å². The number of ether oxygens (including phenoxy) is 2. The largest absolute Gasteiger partial charge is 0.488 e. The van der Waals surface area contributed by atoms with E-state index in [-0.39, 0.29) is 18.3 Å². The zero-order valence-electron chi connectivity index (χ0n) is 22.9. The summed E-state index contributed by atoms with van der Waals surface area (Å²) in [4.78, 5) is 26.6. The molecule has 1 aliphatic rings. The lowest BCUT2D eigenvalue weighted by Crippen LogP contribution is -2.49. The van der Waals surface area contributed by atoms with Crippen molar-refractivity contribution >= 4 is 29.2 Å². The van der Waals surface area contributed by atoms with Gasteiger partial charge in [-0.1, -0.05) is 41.9 Å². The van der Waals surface area contributed by atoms with Gasteiger partial charge in [-0.25, -0.2) is 4.79 Å². The highest BCUT2D eigenvalue weighted by molar-refractivity contribution is 6.30. The zero-order chi connectivity index (χ0) is 28.5. The molecule has 1 saturated heterocycles. The van der Waals surface area contributed by atoms with E-state index in [4.69, 9.17) is 21.1 Å². The summed E-state index contributed by atoms with van der Waals surface area (Å²) in [6, 6.07) is 21.6. The van der Waals surface area contributed by atoms with E-state index in [9.17, 15) is 14.7 Å². The molecule has 0 radical (unpaired) electrons. The van der Waals surface area contributed by atoms with Crippen LogP contribution in [0.5, 0.6) is 11.5 Å². The minimum atomic E-state index is -1.18. The summed E-state index contributed by atoms with van der Waals surface area (Å²) in [7, 11) is 0. The van der Waals surface area contributed by atoms with Gasteiger partial charge in [-0.15, -0.1) is 0 Å². The lowest BCUT2D eigenvalue weighted by atomic mass is 10.0. The van der Waals surface area contributed by atoms with Crippen molar-refractivity contribution in [2.75, 3.05) is 31.6 Å². The summed E-state index contributed by atoms with van der Waals surface area (Å²) in [5, 5.41) is 18.0. The van der Waals surface area contributed by atoms with E-state index in [0.29, 0.717) is 29.6 Å². The predicted octanol–water partition coefficient (Wildman–Crippen LogP) is 4.90. The SMILES string of the molecule is CC(=O)Nc1ccc(OC(=O)c2ccccc2)cc1OC[C@@](C)(O)CNC1CCN(Cc2ccc(Cl)cc2)CC1. The van der Waals surface area contributed by atoms with Gasteiger partial charge in [0, 0.05) is 37.1 Å². The van der Waals surface area contributed by atoms with Crippen molar-refractivity contribution in [3.63, 3.8) is 0 Å². The van der Waals surface area contributed by atoms with Crippen LogP contribution in [0.2, 0.25) is 5.02 Å². The van der Waals surface area contributed by atoms with E-state index in [0.717, 1.165) is 37.5 Å². The van der Waals surface area contributed by atoms with Crippen molar-refractivity contribution in [1.29, 1.82) is 0 Å². The Bertz CT molecular complexity index is 1280. The van der Waals surface area contributed by atoms with Crippen molar-refractivity contribution in [2.24, 2.45) is 0 Å². The molecular weight excluding hydrogens is 530 g/mol. The Labute approximate surface area is 240 Å². The first-order chi connectivity index (χ1) is 19.2. The monoisotopic (exact) mass is 565 g/mol. The third-order valence-corrected chi connectivity index (χ3v) is 6.95. The highest BCUT2D eigenvalue weighted by Gasteiger charge is 2.26. The molecule has 1 amide bonds. The van der Waals surface area contributed by atoms with Crippen molar-refractivity contribution in [3.8, 4) is 11.5 Å². The number of nitrogens with one attached hydrogen (secondary N) is 2. The van der Waals surface area contributed by atoms with E-state index in [1.807, 2.05) is 18.2 Å². The van der Waals surface area contributed by atoms with Gasteiger partial charge in [0.05, 0.1) is 11.3 Å². The minimum Gasteiger partial charge on any atom is -0.488 e. The maximum absolute atomic E-state index is 12.5. The topological polar surface area (TPSA) is 100 Å². The number of esters is 1. The van der Waals surface area contributed by atoms with Crippen LogP contribution in [-0.2, 0) is 11.3 Å². The molecule has 1 atom stereocenters. The summed E-state index contributed by atoms with van der Waals surface area (Å²) < 4.78 is 11.4. The quantitative estimate of drug-likeness (QED) is 0.224. The average molecular weight is 566 g/mol. The molecule has 9 heteroatoms. The predicted molar refractivity (Wildman–Crippen MR) is 156 cm³/mol. The average Bonchev–Trinajstić information content (AvgIpc) is 2.94. The van der Waals surface area contributed by atoms with Crippen LogP contribution in [0.4, 0.5) is 5.69 Å². The Morgan fingerprint density at radius 1 is 1.05 bits per heavy atom. The van der Waals surface area contributed by atoms with Crippen molar-refractivity contribution in [2.45, 2.75) is 44.9 Å². The van der Waals surface area contributed by atoms with Crippen LogP contribution >= 0.6 is 11.6 Å². The van der Waals surface area contributed by atoms with Crippen LogP contribution in [0, 0.1) is 0 Å². The number of amides is 1. The van der Waals surface area contributed by atoms with Gasteiger partial charge in [0.25, 0.3) is 0 Å². The molecule has 0 bridgehead atoms. The molecule has 0 aliphatic carbocycles. The number of likely N-dealkylation sites (tertiary alicyclic amines) is 1. The summed E-state index contributed by atoms with van der Waals surface area (Å²) >= 11 is 5.99. The number of nitrogens with zero attached hydrogens (tertiary/aromatic N) is 1. The fourth-order valence-corrected chi connectivity index (χ4v) is 4.64. The number of halogens is 1. The van der Waals surface area contributed by atoms with Gasteiger partial charge >= 0.3 is 5.97 Å². The maximum atomic E-state index is 12.5. The van der Waals surface area contributed by atoms with Crippen LogP contribution in [0.15, 0.2) is 72.8 Å². The van der Waals surface area contributed by atoms with Crippen molar-refractivity contribution in [1.82, 2.24) is 10.2 Å². The number of carbonyl (C=O) groups is 2.